The van der Waals surface area contributed by atoms with E-state index in [0.717, 1.165) is 31.9 Å². The Balaban J connectivity index is 4.27. The Morgan fingerprint density at radius 3 is 2.57 bits per heavy atom. The number of nitrogens with zero attached hydrogens (tertiary/aromatic N) is 2. The number of unbranched alkanes of at least 4 members (excludes halogenated alkanes) is 3. The van der Waals surface area contributed by atoms with Gasteiger partial charge >= 0.3 is 0 Å². The van der Waals surface area contributed by atoms with Gasteiger partial charge in [-0.15, -0.1) is 6.58 Å². The molecule has 0 radical (unpaired) electrons. The molecule has 0 atom stereocenters. The van der Waals surface area contributed by atoms with E-state index in [2.05, 4.69) is 21.8 Å². The molecule has 0 aromatic heterocycles. The second-order valence-electron chi connectivity index (χ2n) is 5.03. The fourth-order valence-electron chi connectivity index (χ4n) is 1.82. The van der Waals surface area contributed by atoms with Crippen LogP contribution < -0.4 is 5.32 Å². The van der Waals surface area contributed by atoms with Gasteiger partial charge in [-0.3, -0.25) is 4.99 Å². The van der Waals surface area contributed by atoms with E-state index in [4.69, 9.17) is 0 Å². The highest BCUT2D eigenvalue weighted by molar-refractivity contribution is 7.91. The molecular weight excluding hydrogens is 286 g/mol. The number of sulfone groups is 1. The zero-order chi connectivity index (χ0) is 16.1. The van der Waals surface area contributed by atoms with E-state index in [9.17, 15) is 8.42 Å². The van der Waals surface area contributed by atoms with Crippen molar-refractivity contribution in [3.05, 3.63) is 12.7 Å². The molecule has 0 saturated carbocycles. The molecule has 1 N–H and O–H groups in total. The standard InChI is InChI=1S/C15H31N3O2S/c1-5-8-9-10-11-13-18(4)15(16-6-2)17-12-14-21(19,20)7-3/h5H,1,6-14H2,2-4H3,(H,16,17). The zero-order valence-electron chi connectivity index (χ0n) is 13.8. The molecule has 0 aliphatic rings. The average Bonchev–Trinajstić information content (AvgIpc) is 2.46. The van der Waals surface area contributed by atoms with Crippen LogP contribution in [0.4, 0.5) is 0 Å². The highest BCUT2D eigenvalue weighted by Gasteiger charge is 2.08. The van der Waals surface area contributed by atoms with Gasteiger partial charge in [-0.25, -0.2) is 8.42 Å². The fourth-order valence-corrected chi connectivity index (χ4v) is 2.48. The van der Waals surface area contributed by atoms with Crippen LogP contribution in [0.1, 0.15) is 39.5 Å². The third kappa shape index (κ3) is 10.3. The molecule has 21 heavy (non-hydrogen) atoms. The van der Waals surface area contributed by atoms with Gasteiger partial charge in [0.1, 0.15) is 0 Å². The Morgan fingerprint density at radius 2 is 2.00 bits per heavy atom. The molecule has 0 aromatic rings. The molecule has 5 nitrogen and oxygen atoms in total. The fraction of sp³-hybridized carbons (Fsp3) is 0.800. The molecule has 0 heterocycles. The minimum Gasteiger partial charge on any atom is -0.357 e. The lowest BCUT2D eigenvalue weighted by Crippen LogP contribution is -2.39. The first-order valence-corrected chi connectivity index (χ1v) is 9.59. The Morgan fingerprint density at radius 1 is 1.29 bits per heavy atom. The summed E-state index contributed by atoms with van der Waals surface area (Å²) in [4.78, 5) is 6.46. The molecule has 0 aromatic carbocycles. The quantitative estimate of drug-likeness (QED) is 0.274. The second-order valence-corrected chi connectivity index (χ2v) is 7.50. The van der Waals surface area contributed by atoms with Crippen LogP contribution in [0.2, 0.25) is 0 Å². The van der Waals surface area contributed by atoms with Crippen molar-refractivity contribution in [1.82, 2.24) is 10.2 Å². The minimum absolute atomic E-state index is 0.117. The van der Waals surface area contributed by atoms with Crippen molar-refractivity contribution in [3.63, 3.8) is 0 Å². The largest absolute Gasteiger partial charge is 0.357 e. The smallest absolute Gasteiger partial charge is 0.193 e. The first kappa shape index (κ1) is 20.0. The lowest BCUT2D eigenvalue weighted by Gasteiger charge is -2.22. The topological polar surface area (TPSA) is 61.8 Å². The molecule has 0 spiro atoms. The second kappa shape index (κ2) is 11.6. The lowest BCUT2D eigenvalue weighted by molar-refractivity contribution is 0.456. The zero-order valence-corrected chi connectivity index (χ0v) is 14.6. The summed E-state index contributed by atoms with van der Waals surface area (Å²) in [6.45, 7) is 9.41. The minimum atomic E-state index is -2.95. The molecule has 0 fully saturated rings. The maximum atomic E-state index is 11.5. The number of hydrogen-bond acceptors (Lipinski definition) is 3. The Kier molecular flexibility index (Phi) is 11.0. The number of aliphatic imine (C=N–C) groups is 1. The summed E-state index contributed by atoms with van der Waals surface area (Å²) in [5.74, 6) is 1.08. The molecule has 6 heteroatoms. The van der Waals surface area contributed by atoms with Crippen LogP contribution in [-0.2, 0) is 9.84 Å². The van der Waals surface area contributed by atoms with E-state index >= 15 is 0 Å². The van der Waals surface area contributed by atoms with Gasteiger partial charge in [0.05, 0.1) is 12.3 Å². The van der Waals surface area contributed by atoms with E-state index in [1.807, 2.05) is 20.0 Å². The van der Waals surface area contributed by atoms with E-state index in [1.165, 1.54) is 12.8 Å². The van der Waals surface area contributed by atoms with E-state index in [0.29, 0.717) is 6.54 Å². The number of guanidine groups is 1. The van der Waals surface area contributed by atoms with Crippen LogP contribution in [0, 0.1) is 0 Å². The van der Waals surface area contributed by atoms with Gasteiger partial charge in [-0.1, -0.05) is 19.4 Å². The summed E-state index contributed by atoms with van der Waals surface area (Å²) in [5, 5.41) is 3.20. The number of hydrogen-bond donors (Lipinski definition) is 1. The van der Waals surface area contributed by atoms with E-state index in [-0.39, 0.29) is 11.5 Å². The van der Waals surface area contributed by atoms with Crippen LogP contribution in [0.5, 0.6) is 0 Å². The van der Waals surface area contributed by atoms with Gasteiger partial charge in [0.15, 0.2) is 15.8 Å². The van der Waals surface area contributed by atoms with Crippen LogP contribution in [0.25, 0.3) is 0 Å². The van der Waals surface area contributed by atoms with Crippen molar-refractivity contribution in [2.24, 2.45) is 4.99 Å². The molecular formula is C15H31N3O2S. The third-order valence-corrected chi connectivity index (χ3v) is 4.89. The highest BCUT2D eigenvalue weighted by atomic mass is 32.2. The van der Waals surface area contributed by atoms with Crippen molar-refractivity contribution in [2.45, 2.75) is 39.5 Å². The van der Waals surface area contributed by atoms with Gasteiger partial charge in [0.2, 0.25) is 0 Å². The van der Waals surface area contributed by atoms with Crippen molar-refractivity contribution in [2.75, 3.05) is 38.2 Å². The van der Waals surface area contributed by atoms with E-state index in [1.54, 1.807) is 6.92 Å². The van der Waals surface area contributed by atoms with Gasteiger partial charge in [0.25, 0.3) is 0 Å². The molecule has 0 unspecified atom stereocenters. The third-order valence-electron chi connectivity index (χ3n) is 3.20. The normalized spacial score (nSPS) is 12.2. The maximum Gasteiger partial charge on any atom is 0.193 e. The molecule has 124 valence electrons. The maximum absolute atomic E-state index is 11.5. The monoisotopic (exact) mass is 317 g/mol. The predicted molar refractivity (Wildman–Crippen MR) is 91.6 cm³/mol. The summed E-state index contributed by atoms with van der Waals surface area (Å²) in [6, 6.07) is 0. The molecule has 0 saturated heterocycles. The number of rotatable bonds is 11. The van der Waals surface area contributed by atoms with Crippen molar-refractivity contribution >= 4 is 15.8 Å². The van der Waals surface area contributed by atoms with Gasteiger partial charge in [0, 0.05) is 25.9 Å². The van der Waals surface area contributed by atoms with Crippen LogP contribution in [0.3, 0.4) is 0 Å². The van der Waals surface area contributed by atoms with Gasteiger partial charge in [-0.2, -0.15) is 0 Å². The molecule has 0 bridgehead atoms. The summed E-state index contributed by atoms with van der Waals surface area (Å²) in [5.41, 5.74) is 0. The van der Waals surface area contributed by atoms with Crippen molar-refractivity contribution < 1.29 is 8.42 Å². The molecule has 0 rings (SSSR count). The first-order valence-electron chi connectivity index (χ1n) is 7.77. The van der Waals surface area contributed by atoms with Crippen LogP contribution in [0.15, 0.2) is 17.6 Å². The summed E-state index contributed by atoms with van der Waals surface area (Å²) in [6.07, 6.45) is 6.44. The molecule has 0 amide bonds. The number of nitrogens with one attached hydrogen (secondary N) is 1. The predicted octanol–water partition coefficient (Wildman–Crippen LogP) is 2.06. The Hall–Kier alpha value is -1.04. The first-order chi connectivity index (χ1) is 9.96. The average molecular weight is 317 g/mol. The number of allylic oxidation sites excluding steroid dienone is 1. The van der Waals surface area contributed by atoms with Crippen LogP contribution >= 0.6 is 0 Å². The van der Waals surface area contributed by atoms with Crippen LogP contribution in [-0.4, -0.2) is 57.5 Å². The SMILES string of the molecule is C=CCCCCCN(C)C(=NCCS(=O)(=O)CC)NCC. The Bertz CT molecular complexity index is 405. The lowest BCUT2D eigenvalue weighted by atomic mass is 10.2. The summed E-state index contributed by atoms with van der Waals surface area (Å²) >= 11 is 0. The van der Waals surface area contributed by atoms with Crippen molar-refractivity contribution in [1.29, 1.82) is 0 Å². The molecule has 0 aliphatic carbocycles. The summed E-state index contributed by atoms with van der Waals surface area (Å²) < 4.78 is 22.9. The summed E-state index contributed by atoms with van der Waals surface area (Å²) in [7, 11) is -0.956. The Labute approximate surface area is 130 Å². The van der Waals surface area contributed by atoms with Gasteiger partial charge < -0.3 is 10.2 Å². The molecule has 0 aliphatic heterocycles. The van der Waals surface area contributed by atoms with Gasteiger partial charge in [-0.05, 0) is 26.2 Å². The van der Waals surface area contributed by atoms with E-state index < -0.39 is 9.84 Å². The highest BCUT2D eigenvalue weighted by Crippen LogP contribution is 2.01. The van der Waals surface area contributed by atoms with Crippen molar-refractivity contribution in [3.8, 4) is 0 Å².